The molecule has 5 heteroatoms. The molecule has 0 aromatic heterocycles. The topological polar surface area (TPSA) is 70.6 Å². The Balaban J connectivity index is 1.33. The first kappa shape index (κ1) is 18.4. The van der Waals surface area contributed by atoms with E-state index in [1.165, 1.54) is 5.56 Å². The van der Waals surface area contributed by atoms with Crippen LogP contribution in [0.5, 0.6) is 0 Å². The molecule has 26 heavy (non-hydrogen) atoms. The van der Waals surface area contributed by atoms with Crippen molar-refractivity contribution in [2.45, 2.75) is 44.0 Å². The van der Waals surface area contributed by atoms with Gasteiger partial charge in [-0.25, -0.2) is 4.79 Å². The van der Waals surface area contributed by atoms with E-state index in [2.05, 4.69) is 22.8 Å². The molecule has 1 aliphatic carbocycles. The first-order valence-corrected chi connectivity index (χ1v) is 9.11. The number of benzene rings is 2. The van der Waals surface area contributed by atoms with E-state index in [4.69, 9.17) is 4.74 Å². The van der Waals surface area contributed by atoms with E-state index in [-0.39, 0.29) is 31.4 Å². The zero-order valence-electron chi connectivity index (χ0n) is 14.8. The zero-order valence-corrected chi connectivity index (χ0v) is 14.8. The second-order valence-electron chi connectivity index (χ2n) is 6.81. The maximum Gasteiger partial charge on any atom is 0.407 e. The summed E-state index contributed by atoms with van der Waals surface area (Å²) in [6.45, 7) is 0.382. The summed E-state index contributed by atoms with van der Waals surface area (Å²) >= 11 is 0. The van der Waals surface area contributed by atoms with E-state index >= 15 is 0 Å². The molecule has 5 nitrogen and oxygen atoms in total. The van der Waals surface area contributed by atoms with Gasteiger partial charge in [0.15, 0.2) is 0 Å². The number of aliphatic hydroxyl groups excluding tert-OH is 1. The number of alkyl carbamates (subject to hydrolysis) is 1. The molecule has 2 aromatic rings. The summed E-state index contributed by atoms with van der Waals surface area (Å²) in [5.41, 5.74) is 2.18. The van der Waals surface area contributed by atoms with Crippen LogP contribution in [-0.2, 0) is 17.8 Å². The summed E-state index contributed by atoms with van der Waals surface area (Å²) in [7, 11) is 0. The number of amides is 1. The molecule has 0 heterocycles. The van der Waals surface area contributed by atoms with Crippen molar-refractivity contribution >= 4 is 6.09 Å². The molecule has 3 rings (SSSR count). The number of rotatable bonds is 8. The highest BCUT2D eigenvalue weighted by Crippen LogP contribution is 2.21. The smallest absolute Gasteiger partial charge is 0.407 e. The van der Waals surface area contributed by atoms with Crippen molar-refractivity contribution in [1.82, 2.24) is 10.6 Å². The van der Waals surface area contributed by atoms with Gasteiger partial charge in [-0.1, -0.05) is 60.7 Å². The molecular formula is C21H26N2O3. The van der Waals surface area contributed by atoms with Crippen molar-refractivity contribution in [2.75, 3.05) is 6.61 Å². The van der Waals surface area contributed by atoms with Crippen molar-refractivity contribution in [3.63, 3.8) is 0 Å². The number of nitrogens with one attached hydrogen (secondary N) is 2. The zero-order chi connectivity index (χ0) is 18.2. The van der Waals surface area contributed by atoms with Gasteiger partial charge in [0.2, 0.25) is 0 Å². The molecule has 138 valence electrons. The fourth-order valence-electron chi connectivity index (χ4n) is 3.21. The van der Waals surface area contributed by atoms with E-state index < -0.39 is 0 Å². The maximum absolute atomic E-state index is 11.9. The van der Waals surface area contributed by atoms with Crippen LogP contribution in [-0.4, -0.2) is 35.9 Å². The summed E-state index contributed by atoms with van der Waals surface area (Å²) in [6, 6.07) is 20.3. The molecular weight excluding hydrogens is 328 g/mol. The van der Waals surface area contributed by atoms with Crippen molar-refractivity contribution in [2.24, 2.45) is 0 Å². The lowest BCUT2D eigenvalue weighted by atomic mass is 9.86. The third-order valence-electron chi connectivity index (χ3n) is 4.69. The second kappa shape index (κ2) is 9.36. The van der Waals surface area contributed by atoms with E-state index in [1.54, 1.807) is 0 Å². The highest BCUT2D eigenvalue weighted by molar-refractivity contribution is 5.67. The van der Waals surface area contributed by atoms with Crippen molar-refractivity contribution in [1.29, 1.82) is 0 Å². The van der Waals surface area contributed by atoms with Crippen molar-refractivity contribution in [3.05, 3.63) is 71.8 Å². The quantitative estimate of drug-likeness (QED) is 0.682. The Kier molecular flexibility index (Phi) is 6.63. The first-order valence-electron chi connectivity index (χ1n) is 9.11. The van der Waals surface area contributed by atoms with Gasteiger partial charge >= 0.3 is 6.09 Å². The Morgan fingerprint density at radius 2 is 1.62 bits per heavy atom. The Bertz CT molecular complexity index is 672. The molecule has 0 unspecified atom stereocenters. The van der Waals surface area contributed by atoms with Crippen LogP contribution in [0.1, 0.15) is 24.0 Å². The minimum atomic E-state index is -0.375. The normalized spacial score (nSPS) is 20.0. The summed E-state index contributed by atoms with van der Waals surface area (Å²) in [5.74, 6) is 0. The molecule has 2 aromatic carbocycles. The Morgan fingerprint density at radius 1 is 1.00 bits per heavy atom. The molecule has 1 saturated carbocycles. The largest absolute Gasteiger partial charge is 0.445 e. The van der Waals surface area contributed by atoms with Gasteiger partial charge in [-0.2, -0.15) is 0 Å². The third-order valence-corrected chi connectivity index (χ3v) is 4.69. The van der Waals surface area contributed by atoms with Gasteiger partial charge in [-0.3, -0.25) is 0 Å². The molecule has 1 fully saturated rings. The van der Waals surface area contributed by atoms with E-state index in [1.807, 2.05) is 48.5 Å². The van der Waals surface area contributed by atoms with Gasteiger partial charge in [0.1, 0.15) is 6.61 Å². The average Bonchev–Trinajstić information content (AvgIpc) is 2.65. The number of carbonyl (C=O) groups excluding carboxylic acids is 1. The summed E-state index contributed by atoms with van der Waals surface area (Å²) < 4.78 is 5.24. The number of aliphatic hydroxyl groups is 1. The first-order chi connectivity index (χ1) is 12.7. The van der Waals surface area contributed by atoms with Gasteiger partial charge in [-0.05, 0) is 30.4 Å². The van der Waals surface area contributed by atoms with E-state index in [9.17, 15) is 9.90 Å². The number of carbonyl (C=O) groups is 1. The fraction of sp³-hybridized carbons (Fsp3) is 0.381. The third kappa shape index (κ3) is 5.58. The molecule has 0 bridgehead atoms. The molecule has 1 amide bonds. The Labute approximate surface area is 154 Å². The van der Waals surface area contributed by atoms with Crippen LogP contribution >= 0.6 is 0 Å². The predicted octanol–water partition coefficient (Wildman–Crippen LogP) is 2.64. The highest BCUT2D eigenvalue weighted by Gasteiger charge is 2.31. The summed E-state index contributed by atoms with van der Waals surface area (Å²) in [5, 5.41) is 16.0. The van der Waals surface area contributed by atoms with Crippen LogP contribution < -0.4 is 10.6 Å². The number of hydrogen-bond donors (Lipinski definition) is 3. The summed E-state index contributed by atoms with van der Waals surface area (Å²) in [4.78, 5) is 11.9. The SMILES string of the molecule is O=C(NC1CC(N[C@H](CO)Cc2ccccc2)C1)OCc1ccccc1. The molecule has 0 saturated heterocycles. The standard InChI is InChI=1S/C21H26N2O3/c24-14-20(11-16-7-3-1-4-8-16)22-18-12-19(13-18)23-21(25)26-15-17-9-5-2-6-10-17/h1-10,18-20,22,24H,11-15H2,(H,23,25)/t18?,19?,20-/m0/s1. The monoisotopic (exact) mass is 354 g/mol. The number of hydrogen-bond acceptors (Lipinski definition) is 4. The maximum atomic E-state index is 11.9. The van der Waals surface area contributed by atoms with E-state index in [0.717, 1.165) is 24.8 Å². The lowest BCUT2D eigenvalue weighted by molar-refractivity contribution is 0.122. The second-order valence-corrected chi connectivity index (χ2v) is 6.81. The number of ether oxygens (including phenoxy) is 1. The molecule has 0 spiro atoms. The van der Waals surface area contributed by atoms with Gasteiger partial charge in [0.25, 0.3) is 0 Å². The molecule has 3 N–H and O–H groups in total. The van der Waals surface area contributed by atoms with Gasteiger partial charge in [-0.15, -0.1) is 0 Å². The molecule has 1 atom stereocenters. The van der Waals surface area contributed by atoms with Crippen LogP contribution in [0, 0.1) is 0 Å². The van der Waals surface area contributed by atoms with Gasteiger partial charge in [0.05, 0.1) is 6.61 Å². The summed E-state index contributed by atoms with van der Waals surface area (Å²) in [6.07, 6.45) is 2.13. The van der Waals surface area contributed by atoms with Crippen LogP contribution in [0.3, 0.4) is 0 Å². The van der Waals surface area contributed by atoms with Crippen molar-refractivity contribution in [3.8, 4) is 0 Å². The Hall–Kier alpha value is -2.37. The lowest BCUT2D eigenvalue weighted by Gasteiger charge is -2.38. The van der Waals surface area contributed by atoms with Crippen LogP contribution in [0.15, 0.2) is 60.7 Å². The highest BCUT2D eigenvalue weighted by atomic mass is 16.5. The van der Waals surface area contributed by atoms with Gasteiger partial charge in [0, 0.05) is 18.1 Å². The predicted molar refractivity (Wildman–Crippen MR) is 101 cm³/mol. The van der Waals surface area contributed by atoms with E-state index in [0.29, 0.717) is 6.04 Å². The average molecular weight is 354 g/mol. The fourth-order valence-corrected chi connectivity index (χ4v) is 3.21. The lowest BCUT2D eigenvalue weighted by Crippen LogP contribution is -2.55. The minimum Gasteiger partial charge on any atom is -0.445 e. The van der Waals surface area contributed by atoms with Crippen LogP contribution in [0.2, 0.25) is 0 Å². The van der Waals surface area contributed by atoms with Crippen molar-refractivity contribution < 1.29 is 14.6 Å². The van der Waals surface area contributed by atoms with Crippen LogP contribution in [0.4, 0.5) is 4.79 Å². The molecule has 0 radical (unpaired) electrons. The minimum absolute atomic E-state index is 0.0355. The van der Waals surface area contributed by atoms with Crippen LogP contribution in [0.25, 0.3) is 0 Å². The Morgan fingerprint density at radius 3 is 2.23 bits per heavy atom. The molecule has 0 aliphatic heterocycles. The van der Waals surface area contributed by atoms with Gasteiger partial charge < -0.3 is 20.5 Å². The molecule has 1 aliphatic rings.